The Hall–Kier alpha value is -1.06. The van der Waals surface area contributed by atoms with Gasteiger partial charge in [0.05, 0.1) is 0 Å². The predicted molar refractivity (Wildman–Crippen MR) is 67.9 cm³/mol. The van der Waals surface area contributed by atoms with E-state index in [1.165, 1.54) is 12.8 Å². The van der Waals surface area contributed by atoms with Crippen molar-refractivity contribution in [2.24, 2.45) is 5.41 Å². The molecule has 0 aromatic rings. The predicted octanol–water partition coefficient (Wildman–Crippen LogP) is 1.40. The summed E-state index contributed by atoms with van der Waals surface area (Å²) in [4.78, 5) is 28.4. The van der Waals surface area contributed by atoms with E-state index in [0.29, 0.717) is 18.4 Å². The first kappa shape index (κ1) is 12.0. The van der Waals surface area contributed by atoms with E-state index in [-0.39, 0.29) is 17.9 Å². The average Bonchev–Trinajstić information content (AvgIpc) is 3.12. The van der Waals surface area contributed by atoms with Crippen molar-refractivity contribution in [1.29, 1.82) is 0 Å². The summed E-state index contributed by atoms with van der Waals surface area (Å²) in [5, 5.41) is 0. The highest BCUT2D eigenvalue weighted by Crippen LogP contribution is 2.45. The maximum Gasteiger partial charge on any atom is 0.245 e. The number of nitrogens with zero attached hydrogens (tertiary/aromatic N) is 2. The van der Waals surface area contributed by atoms with Crippen molar-refractivity contribution in [2.75, 3.05) is 19.6 Å². The molecule has 0 bridgehead atoms. The fourth-order valence-corrected chi connectivity index (χ4v) is 3.17. The lowest BCUT2D eigenvalue weighted by molar-refractivity contribution is -0.143. The van der Waals surface area contributed by atoms with Gasteiger partial charge in [-0.15, -0.1) is 0 Å². The van der Waals surface area contributed by atoms with Crippen LogP contribution in [-0.2, 0) is 9.59 Å². The van der Waals surface area contributed by atoms with E-state index < -0.39 is 0 Å². The van der Waals surface area contributed by atoms with E-state index in [0.717, 1.165) is 32.4 Å². The Morgan fingerprint density at radius 3 is 2.72 bits per heavy atom. The molecule has 0 radical (unpaired) electrons. The van der Waals surface area contributed by atoms with Gasteiger partial charge in [0.25, 0.3) is 0 Å². The standard InChI is InChI=1S/C14H22N2O2/c1-14(6-7-14)10-15-9-5-12(17)16-8-3-2-4-11(16)13(15)18/h11H,2-10H2,1H3. The fraction of sp³-hybridized carbons (Fsp3) is 0.857. The van der Waals surface area contributed by atoms with Gasteiger partial charge in [-0.1, -0.05) is 6.92 Å². The molecule has 2 saturated heterocycles. The highest BCUT2D eigenvalue weighted by Gasteiger charge is 2.43. The molecule has 1 aliphatic carbocycles. The summed E-state index contributed by atoms with van der Waals surface area (Å²) in [5.41, 5.74) is 0.336. The summed E-state index contributed by atoms with van der Waals surface area (Å²) in [6.07, 6.45) is 5.94. The number of hydrogen-bond acceptors (Lipinski definition) is 2. The second-order valence-corrected chi connectivity index (χ2v) is 6.42. The minimum Gasteiger partial charge on any atom is -0.340 e. The Morgan fingerprint density at radius 1 is 1.22 bits per heavy atom. The quantitative estimate of drug-likeness (QED) is 0.743. The van der Waals surface area contributed by atoms with Crippen molar-refractivity contribution in [3.63, 3.8) is 0 Å². The molecule has 2 amide bonds. The van der Waals surface area contributed by atoms with Crippen LogP contribution in [0.15, 0.2) is 0 Å². The first-order valence-electron chi connectivity index (χ1n) is 7.17. The third-order valence-corrected chi connectivity index (χ3v) is 4.69. The van der Waals surface area contributed by atoms with Crippen LogP contribution in [0.3, 0.4) is 0 Å². The highest BCUT2D eigenvalue weighted by molar-refractivity contribution is 5.90. The zero-order valence-corrected chi connectivity index (χ0v) is 11.2. The van der Waals surface area contributed by atoms with E-state index in [1.807, 2.05) is 9.80 Å². The van der Waals surface area contributed by atoms with Gasteiger partial charge in [0.2, 0.25) is 11.8 Å². The molecule has 100 valence electrons. The van der Waals surface area contributed by atoms with Crippen molar-refractivity contribution in [1.82, 2.24) is 9.80 Å². The third kappa shape index (κ3) is 2.13. The lowest BCUT2D eigenvalue weighted by atomic mass is 10.0. The molecule has 0 aromatic heterocycles. The molecule has 0 aromatic carbocycles. The molecule has 2 heterocycles. The smallest absolute Gasteiger partial charge is 0.245 e. The van der Waals surface area contributed by atoms with Gasteiger partial charge in [-0.2, -0.15) is 0 Å². The van der Waals surface area contributed by atoms with Crippen molar-refractivity contribution < 1.29 is 9.59 Å². The van der Waals surface area contributed by atoms with Gasteiger partial charge in [0.1, 0.15) is 6.04 Å². The van der Waals surface area contributed by atoms with E-state index >= 15 is 0 Å². The summed E-state index contributed by atoms with van der Waals surface area (Å²) in [6.45, 7) is 4.50. The molecule has 0 N–H and O–H groups in total. The molecule has 3 rings (SSSR count). The Kier molecular flexibility index (Phi) is 2.83. The molecule has 1 saturated carbocycles. The Bertz CT molecular complexity index is 376. The summed E-state index contributed by atoms with van der Waals surface area (Å²) in [5.74, 6) is 0.380. The van der Waals surface area contributed by atoms with Crippen LogP contribution in [0.2, 0.25) is 0 Å². The van der Waals surface area contributed by atoms with Gasteiger partial charge in [-0.05, 0) is 37.5 Å². The number of amides is 2. The maximum absolute atomic E-state index is 12.6. The SMILES string of the molecule is CC1(CN2CCC(=O)N3CCCCC3C2=O)CC1. The monoisotopic (exact) mass is 250 g/mol. The number of carbonyl (C=O) groups excluding carboxylic acids is 2. The van der Waals surface area contributed by atoms with Crippen molar-refractivity contribution in [3.05, 3.63) is 0 Å². The van der Waals surface area contributed by atoms with Gasteiger partial charge >= 0.3 is 0 Å². The van der Waals surface area contributed by atoms with Crippen LogP contribution in [0.5, 0.6) is 0 Å². The largest absolute Gasteiger partial charge is 0.340 e. The van der Waals surface area contributed by atoms with Crippen LogP contribution in [0.4, 0.5) is 0 Å². The molecule has 0 spiro atoms. The van der Waals surface area contributed by atoms with Gasteiger partial charge in [0, 0.05) is 26.1 Å². The summed E-state index contributed by atoms with van der Waals surface area (Å²) in [7, 11) is 0. The number of rotatable bonds is 2. The van der Waals surface area contributed by atoms with E-state index in [1.54, 1.807) is 0 Å². The lowest BCUT2D eigenvalue weighted by Crippen LogP contribution is -2.50. The Balaban J connectivity index is 1.77. The molecule has 18 heavy (non-hydrogen) atoms. The normalized spacial score (nSPS) is 31.1. The van der Waals surface area contributed by atoms with Gasteiger partial charge in [-0.3, -0.25) is 9.59 Å². The fourth-order valence-electron chi connectivity index (χ4n) is 3.17. The van der Waals surface area contributed by atoms with E-state index in [4.69, 9.17) is 0 Å². The van der Waals surface area contributed by atoms with Crippen molar-refractivity contribution >= 4 is 11.8 Å². The van der Waals surface area contributed by atoms with Crippen LogP contribution in [0.1, 0.15) is 45.4 Å². The van der Waals surface area contributed by atoms with Crippen molar-refractivity contribution in [3.8, 4) is 0 Å². The zero-order chi connectivity index (χ0) is 12.8. The van der Waals surface area contributed by atoms with E-state index in [9.17, 15) is 9.59 Å². The Labute approximate surface area is 108 Å². The number of carbonyl (C=O) groups is 2. The number of piperidine rings is 1. The topological polar surface area (TPSA) is 40.6 Å². The van der Waals surface area contributed by atoms with E-state index in [2.05, 4.69) is 6.92 Å². The molecule has 4 nitrogen and oxygen atoms in total. The van der Waals surface area contributed by atoms with Crippen molar-refractivity contribution in [2.45, 2.75) is 51.5 Å². The molecule has 4 heteroatoms. The van der Waals surface area contributed by atoms with Crippen LogP contribution in [0.25, 0.3) is 0 Å². The molecule has 1 unspecified atom stereocenters. The molecule has 1 atom stereocenters. The molecule has 3 fully saturated rings. The second kappa shape index (κ2) is 4.25. The number of hydrogen-bond donors (Lipinski definition) is 0. The van der Waals surface area contributed by atoms with Crippen LogP contribution < -0.4 is 0 Å². The second-order valence-electron chi connectivity index (χ2n) is 6.42. The van der Waals surface area contributed by atoms with Gasteiger partial charge in [0.15, 0.2) is 0 Å². The summed E-state index contributed by atoms with van der Waals surface area (Å²) < 4.78 is 0. The molecule has 2 aliphatic heterocycles. The van der Waals surface area contributed by atoms with Gasteiger partial charge in [-0.25, -0.2) is 0 Å². The average molecular weight is 250 g/mol. The molecule has 3 aliphatic rings. The number of fused-ring (bicyclic) bond motifs is 1. The third-order valence-electron chi connectivity index (χ3n) is 4.69. The van der Waals surface area contributed by atoms with Crippen LogP contribution >= 0.6 is 0 Å². The summed E-state index contributed by atoms with van der Waals surface area (Å²) in [6, 6.07) is -0.156. The first-order chi connectivity index (χ1) is 8.59. The minimum absolute atomic E-state index is 0.156. The highest BCUT2D eigenvalue weighted by atomic mass is 16.2. The van der Waals surface area contributed by atoms with Crippen LogP contribution in [0, 0.1) is 5.41 Å². The first-order valence-corrected chi connectivity index (χ1v) is 7.17. The molecular weight excluding hydrogens is 228 g/mol. The van der Waals surface area contributed by atoms with Crippen LogP contribution in [-0.4, -0.2) is 47.3 Å². The zero-order valence-electron chi connectivity index (χ0n) is 11.2. The minimum atomic E-state index is -0.156. The lowest BCUT2D eigenvalue weighted by Gasteiger charge is -2.35. The molecular formula is C14H22N2O2. The maximum atomic E-state index is 12.6. The van der Waals surface area contributed by atoms with Gasteiger partial charge < -0.3 is 9.80 Å². The summed E-state index contributed by atoms with van der Waals surface area (Å²) >= 11 is 0. The Morgan fingerprint density at radius 2 is 2.00 bits per heavy atom.